The van der Waals surface area contributed by atoms with E-state index in [0.29, 0.717) is 35.6 Å². The van der Waals surface area contributed by atoms with Crippen molar-refractivity contribution in [2.45, 2.75) is 32.4 Å². The molecule has 0 saturated heterocycles. The predicted molar refractivity (Wildman–Crippen MR) is 160 cm³/mol. The highest BCUT2D eigenvalue weighted by Gasteiger charge is 2.39. The van der Waals surface area contributed by atoms with Gasteiger partial charge in [0.25, 0.3) is 0 Å². The minimum absolute atomic E-state index is 0. The Hall–Kier alpha value is -4.38. The van der Waals surface area contributed by atoms with E-state index in [1.54, 1.807) is 38.1 Å². The van der Waals surface area contributed by atoms with Crippen molar-refractivity contribution in [3.05, 3.63) is 130 Å². The molecule has 41 heavy (non-hydrogen) atoms. The Bertz CT molecular complexity index is 1480. The standard InChI is InChI=1S/C33H33N3O4.ClH/c1-22-29(32(37)39-4)31(27-18-12-11-17-26(27)19-34)30(23(2)35-22)33(38)40-28(25-15-9-6-10-16-25)21-36(3)20-24-13-7-5-8-14-24;/h5-18,28,31,35H,20-21H2,1-4H3;1H. The fraction of sp³-hybridized carbons (Fsp3) is 0.242. The minimum Gasteiger partial charge on any atom is -0.466 e. The highest BCUT2D eigenvalue weighted by molar-refractivity contribution is 6.00. The topological polar surface area (TPSA) is 91.7 Å². The van der Waals surface area contributed by atoms with Gasteiger partial charge in [-0.25, -0.2) is 9.59 Å². The number of rotatable bonds is 9. The van der Waals surface area contributed by atoms with Crippen molar-refractivity contribution in [1.29, 1.82) is 5.26 Å². The number of benzene rings is 3. The lowest BCUT2D eigenvalue weighted by Crippen LogP contribution is -2.34. The van der Waals surface area contributed by atoms with Crippen molar-refractivity contribution >= 4 is 24.3 Å². The van der Waals surface area contributed by atoms with Crippen LogP contribution in [0.3, 0.4) is 0 Å². The minimum atomic E-state index is -0.837. The van der Waals surface area contributed by atoms with Crippen molar-refractivity contribution in [1.82, 2.24) is 10.2 Å². The number of halogens is 1. The molecule has 0 saturated carbocycles. The first kappa shape index (κ1) is 31.2. The first-order valence-corrected chi connectivity index (χ1v) is 13.1. The van der Waals surface area contributed by atoms with Crippen LogP contribution in [0.1, 0.15) is 48.1 Å². The van der Waals surface area contributed by atoms with Gasteiger partial charge in [-0.15, -0.1) is 12.4 Å². The van der Waals surface area contributed by atoms with E-state index in [9.17, 15) is 14.9 Å². The molecule has 0 spiro atoms. The monoisotopic (exact) mass is 571 g/mol. The Kier molecular flexibility index (Phi) is 10.9. The van der Waals surface area contributed by atoms with Crippen LogP contribution in [0.4, 0.5) is 0 Å². The van der Waals surface area contributed by atoms with Crippen LogP contribution in [0.2, 0.25) is 0 Å². The molecule has 212 valence electrons. The maximum Gasteiger partial charge on any atom is 0.337 e. The highest BCUT2D eigenvalue weighted by atomic mass is 35.5. The van der Waals surface area contributed by atoms with E-state index in [4.69, 9.17) is 9.47 Å². The van der Waals surface area contributed by atoms with E-state index in [1.165, 1.54) is 7.11 Å². The van der Waals surface area contributed by atoms with E-state index >= 15 is 0 Å². The molecule has 7 nitrogen and oxygen atoms in total. The van der Waals surface area contributed by atoms with E-state index in [2.05, 4.69) is 28.4 Å². The second-order valence-electron chi connectivity index (χ2n) is 9.81. The number of hydrogen-bond acceptors (Lipinski definition) is 7. The van der Waals surface area contributed by atoms with Gasteiger partial charge < -0.3 is 14.8 Å². The fourth-order valence-electron chi connectivity index (χ4n) is 5.12. The SMILES string of the molecule is COC(=O)C1=C(C)NC(C)=C(C(=O)OC(CN(C)Cc2ccccc2)c2ccccc2)C1c1ccccc1C#N.Cl. The molecule has 3 aromatic rings. The lowest BCUT2D eigenvalue weighted by atomic mass is 9.78. The molecule has 8 heteroatoms. The lowest BCUT2D eigenvalue weighted by molar-refractivity contribution is -0.146. The number of methoxy groups -OCH3 is 1. The zero-order valence-electron chi connectivity index (χ0n) is 23.6. The van der Waals surface area contributed by atoms with Gasteiger partial charge in [0.05, 0.1) is 35.8 Å². The van der Waals surface area contributed by atoms with E-state index in [1.807, 2.05) is 55.6 Å². The van der Waals surface area contributed by atoms with E-state index in [0.717, 1.165) is 11.1 Å². The number of carbonyl (C=O) groups is 2. The molecule has 1 aliphatic heterocycles. The van der Waals surface area contributed by atoms with Gasteiger partial charge in [0.1, 0.15) is 6.10 Å². The molecule has 2 atom stereocenters. The van der Waals surface area contributed by atoms with Gasteiger partial charge in [-0.2, -0.15) is 5.26 Å². The Balaban J connectivity index is 0.00000462. The van der Waals surface area contributed by atoms with Gasteiger partial charge in [-0.05, 0) is 43.7 Å². The molecule has 0 fully saturated rings. The first-order chi connectivity index (χ1) is 19.3. The third-order valence-corrected chi connectivity index (χ3v) is 6.97. The van der Waals surface area contributed by atoms with Crippen molar-refractivity contribution in [3.63, 3.8) is 0 Å². The molecular weight excluding hydrogens is 538 g/mol. The van der Waals surface area contributed by atoms with Crippen LogP contribution in [-0.4, -0.2) is 37.5 Å². The number of likely N-dealkylation sites (N-methyl/N-ethyl adjacent to an activating group) is 1. The summed E-state index contributed by atoms with van der Waals surface area (Å²) in [6.07, 6.45) is -0.580. The third-order valence-electron chi connectivity index (χ3n) is 6.97. The average molecular weight is 572 g/mol. The van der Waals surface area contributed by atoms with E-state index in [-0.39, 0.29) is 23.6 Å². The largest absolute Gasteiger partial charge is 0.466 e. The summed E-state index contributed by atoms with van der Waals surface area (Å²) in [5.74, 6) is -1.99. The van der Waals surface area contributed by atoms with Crippen LogP contribution in [0.5, 0.6) is 0 Å². The molecule has 1 N–H and O–H groups in total. The van der Waals surface area contributed by atoms with Gasteiger partial charge in [0.2, 0.25) is 0 Å². The zero-order valence-corrected chi connectivity index (χ0v) is 24.4. The summed E-state index contributed by atoms with van der Waals surface area (Å²) in [6.45, 7) is 4.65. The van der Waals surface area contributed by atoms with Gasteiger partial charge in [-0.3, -0.25) is 4.90 Å². The number of ether oxygens (including phenoxy) is 2. The van der Waals surface area contributed by atoms with Crippen molar-refractivity contribution in [2.24, 2.45) is 0 Å². The van der Waals surface area contributed by atoms with Gasteiger partial charge >= 0.3 is 11.9 Å². The molecule has 0 aliphatic carbocycles. The van der Waals surface area contributed by atoms with Crippen LogP contribution < -0.4 is 5.32 Å². The first-order valence-electron chi connectivity index (χ1n) is 13.1. The fourth-order valence-corrected chi connectivity index (χ4v) is 5.12. The number of nitriles is 1. The van der Waals surface area contributed by atoms with Gasteiger partial charge in [0.15, 0.2) is 0 Å². The molecule has 0 amide bonds. The smallest absolute Gasteiger partial charge is 0.337 e. The Morgan fingerprint density at radius 3 is 2.07 bits per heavy atom. The maximum absolute atomic E-state index is 14.1. The number of nitrogens with one attached hydrogen (secondary N) is 1. The Labute approximate surface area is 247 Å². The van der Waals surface area contributed by atoms with Crippen LogP contribution in [0.25, 0.3) is 0 Å². The van der Waals surface area contributed by atoms with Gasteiger partial charge in [-0.1, -0.05) is 78.9 Å². The zero-order chi connectivity index (χ0) is 28.6. The summed E-state index contributed by atoms with van der Waals surface area (Å²) in [5.41, 5.74) is 4.54. The number of allylic oxidation sites excluding steroid dienone is 2. The number of esters is 2. The van der Waals surface area contributed by atoms with Crippen LogP contribution >= 0.6 is 12.4 Å². The highest BCUT2D eigenvalue weighted by Crippen LogP contribution is 2.41. The van der Waals surface area contributed by atoms with Crippen molar-refractivity contribution < 1.29 is 19.1 Å². The van der Waals surface area contributed by atoms with E-state index < -0.39 is 24.0 Å². The van der Waals surface area contributed by atoms with Gasteiger partial charge in [0, 0.05) is 24.5 Å². The van der Waals surface area contributed by atoms with Crippen LogP contribution in [0, 0.1) is 11.3 Å². The lowest BCUT2D eigenvalue weighted by Gasteiger charge is -2.32. The maximum atomic E-state index is 14.1. The van der Waals surface area contributed by atoms with Crippen molar-refractivity contribution in [3.8, 4) is 6.07 Å². The molecule has 0 bridgehead atoms. The summed E-state index contributed by atoms with van der Waals surface area (Å²) in [5, 5.41) is 13.0. The molecule has 0 radical (unpaired) electrons. The molecule has 4 rings (SSSR count). The number of hydrogen-bond donors (Lipinski definition) is 1. The summed E-state index contributed by atoms with van der Waals surface area (Å²) >= 11 is 0. The second-order valence-corrected chi connectivity index (χ2v) is 9.81. The Morgan fingerprint density at radius 2 is 1.46 bits per heavy atom. The number of carbonyl (C=O) groups excluding carboxylic acids is 2. The molecule has 1 aliphatic rings. The summed E-state index contributed by atoms with van der Waals surface area (Å²) in [7, 11) is 3.28. The third kappa shape index (κ3) is 7.23. The number of dihydropyridines is 1. The van der Waals surface area contributed by atoms with Crippen LogP contribution in [-0.2, 0) is 25.6 Å². The molecule has 3 aromatic carbocycles. The summed E-state index contributed by atoms with van der Waals surface area (Å²) in [6, 6.07) is 28.8. The predicted octanol–water partition coefficient (Wildman–Crippen LogP) is 5.80. The number of nitrogens with zero attached hydrogens (tertiary/aromatic N) is 2. The molecule has 2 unspecified atom stereocenters. The molecular formula is C33H34ClN3O4. The molecule has 0 aromatic heterocycles. The normalized spacial score (nSPS) is 15.4. The second kappa shape index (κ2) is 14.3. The molecule has 1 heterocycles. The summed E-state index contributed by atoms with van der Waals surface area (Å²) in [4.78, 5) is 29.2. The van der Waals surface area contributed by atoms with Crippen LogP contribution in [0.15, 0.2) is 107 Å². The Morgan fingerprint density at radius 1 is 0.902 bits per heavy atom. The van der Waals surface area contributed by atoms with Crippen molar-refractivity contribution in [2.75, 3.05) is 20.7 Å². The quantitative estimate of drug-likeness (QED) is 0.324. The summed E-state index contributed by atoms with van der Waals surface area (Å²) < 4.78 is 11.3. The average Bonchev–Trinajstić information content (AvgIpc) is 2.96.